The van der Waals surface area contributed by atoms with Crippen molar-refractivity contribution in [3.05, 3.63) is 29.3 Å². The normalized spacial score (nSPS) is 19.5. The quantitative estimate of drug-likeness (QED) is 0.677. The molecule has 1 aliphatic rings. The molecule has 80 valence electrons. The maximum atomic E-state index is 10.9. The fraction of sp³-hybridized carbons (Fsp3) is 0.462. The van der Waals surface area contributed by atoms with Crippen molar-refractivity contribution in [1.82, 2.24) is 0 Å². The van der Waals surface area contributed by atoms with Crippen LogP contribution in [0.15, 0.2) is 18.2 Å². The van der Waals surface area contributed by atoms with E-state index in [-0.39, 0.29) is 0 Å². The number of hydrogen-bond acceptors (Lipinski definition) is 1. The molecule has 0 saturated heterocycles. The van der Waals surface area contributed by atoms with Gasteiger partial charge in [0.05, 0.1) is 0 Å². The molecule has 1 atom stereocenters. The van der Waals surface area contributed by atoms with Crippen LogP contribution in [0, 0.1) is 0 Å². The van der Waals surface area contributed by atoms with Crippen LogP contribution in [0.4, 0.5) is 5.69 Å². The summed E-state index contributed by atoms with van der Waals surface area (Å²) in [6.45, 7) is 6.47. The Kier molecular flexibility index (Phi) is 2.51. The minimum atomic E-state index is 0.305. The van der Waals surface area contributed by atoms with Crippen LogP contribution in [0.25, 0.3) is 0 Å². The van der Waals surface area contributed by atoms with E-state index >= 15 is 0 Å². The average Bonchev–Trinajstić information content (AvgIpc) is 2.51. The van der Waals surface area contributed by atoms with Gasteiger partial charge in [-0.2, -0.15) is 0 Å². The smallest absolute Gasteiger partial charge is 0.214 e. The molecule has 1 heterocycles. The molecule has 0 saturated carbocycles. The van der Waals surface area contributed by atoms with Crippen LogP contribution in [0.3, 0.4) is 0 Å². The molecule has 0 radical (unpaired) electrons. The molecular weight excluding hydrogens is 186 g/mol. The highest BCUT2D eigenvalue weighted by Gasteiger charge is 2.25. The van der Waals surface area contributed by atoms with Gasteiger partial charge in [0.2, 0.25) is 6.41 Å². The highest BCUT2D eigenvalue weighted by Crippen LogP contribution is 2.33. The monoisotopic (exact) mass is 203 g/mol. The van der Waals surface area contributed by atoms with Crippen LogP contribution >= 0.6 is 0 Å². The molecule has 2 nitrogen and oxygen atoms in total. The van der Waals surface area contributed by atoms with Crippen LogP contribution < -0.4 is 4.90 Å². The predicted octanol–water partition coefficient (Wildman–Crippen LogP) is 2.72. The molecule has 1 aromatic carbocycles. The molecule has 2 rings (SSSR count). The van der Waals surface area contributed by atoms with Crippen LogP contribution in [0.2, 0.25) is 0 Å². The molecule has 0 aromatic heterocycles. The molecule has 0 fully saturated rings. The number of nitrogens with zero attached hydrogens (tertiary/aromatic N) is 1. The van der Waals surface area contributed by atoms with Gasteiger partial charge in [-0.1, -0.05) is 26.0 Å². The largest absolute Gasteiger partial charge is 0.312 e. The number of carbonyl (C=O) groups is 1. The third kappa shape index (κ3) is 1.65. The van der Waals surface area contributed by atoms with E-state index < -0.39 is 0 Å². The topological polar surface area (TPSA) is 20.3 Å². The lowest BCUT2D eigenvalue weighted by molar-refractivity contribution is -0.107. The summed E-state index contributed by atoms with van der Waals surface area (Å²) in [6.07, 6.45) is 1.92. The van der Waals surface area contributed by atoms with Gasteiger partial charge >= 0.3 is 0 Å². The van der Waals surface area contributed by atoms with Gasteiger partial charge in [-0.3, -0.25) is 4.79 Å². The maximum Gasteiger partial charge on any atom is 0.214 e. The molecule has 0 bridgehead atoms. The molecule has 0 N–H and O–H groups in total. The molecule has 15 heavy (non-hydrogen) atoms. The number of hydrogen-bond donors (Lipinski definition) is 0. The Balaban J connectivity index is 2.41. The number of benzene rings is 1. The van der Waals surface area contributed by atoms with E-state index in [4.69, 9.17) is 0 Å². The molecular formula is C13H17NO. The Morgan fingerprint density at radius 2 is 2.20 bits per heavy atom. The lowest BCUT2D eigenvalue weighted by atomic mass is 9.99. The van der Waals surface area contributed by atoms with Gasteiger partial charge in [0.15, 0.2) is 0 Å². The van der Waals surface area contributed by atoms with Crippen molar-refractivity contribution in [2.75, 3.05) is 4.90 Å². The average molecular weight is 203 g/mol. The first-order valence-electron chi connectivity index (χ1n) is 5.50. The minimum absolute atomic E-state index is 0.305. The summed E-state index contributed by atoms with van der Waals surface area (Å²) in [4.78, 5) is 12.7. The first-order chi connectivity index (χ1) is 7.13. The lowest BCUT2D eigenvalue weighted by Gasteiger charge is -2.16. The molecule has 0 aliphatic carbocycles. The fourth-order valence-corrected chi connectivity index (χ4v) is 2.19. The summed E-state index contributed by atoms with van der Waals surface area (Å²) >= 11 is 0. The maximum absolute atomic E-state index is 10.9. The Morgan fingerprint density at radius 3 is 2.80 bits per heavy atom. The number of amides is 1. The summed E-state index contributed by atoms with van der Waals surface area (Å²) in [5.41, 5.74) is 3.75. The van der Waals surface area contributed by atoms with E-state index in [0.29, 0.717) is 12.0 Å². The Bertz CT molecular complexity index is 384. The zero-order chi connectivity index (χ0) is 11.0. The molecule has 1 aromatic rings. The second-order valence-corrected chi connectivity index (χ2v) is 4.61. The Hall–Kier alpha value is -1.31. The van der Waals surface area contributed by atoms with Crippen LogP contribution in [-0.4, -0.2) is 12.5 Å². The van der Waals surface area contributed by atoms with Crippen LogP contribution in [0.5, 0.6) is 0 Å². The Labute approximate surface area is 90.9 Å². The van der Waals surface area contributed by atoms with E-state index in [1.807, 2.05) is 4.90 Å². The summed E-state index contributed by atoms with van der Waals surface area (Å²) in [5, 5.41) is 0. The Morgan fingerprint density at radius 1 is 1.47 bits per heavy atom. The van der Waals surface area contributed by atoms with Crippen molar-refractivity contribution >= 4 is 12.1 Å². The van der Waals surface area contributed by atoms with Crippen LogP contribution in [-0.2, 0) is 11.2 Å². The van der Waals surface area contributed by atoms with Crippen molar-refractivity contribution < 1.29 is 4.79 Å². The summed E-state index contributed by atoms with van der Waals surface area (Å²) < 4.78 is 0. The summed E-state index contributed by atoms with van der Waals surface area (Å²) in [6, 6.07) is 6.74. The van der Waals surface area contributed by atoms with Crippen molar-refractivity contribution in [1.29, 1.82) is 0 Å². The van der Waals surface area contributed by atoms with Gasteiger partial charge in [0.25, 0.3) is 0 Å². The fourth-order valence-electron chi connectivity index (χ4n) is 2.19. The molecule has 2 heteroatoms. The zero-order valence-electron chi connectivity index (χ0n) is 9.53. The number of carbonyl (C=O) groups excluding carboxylic acids is 1. The highest BCUT2D eigenvalue weighted by atomic mass is 16.1. The van der Waals surface area contributed by atoms with E-state index in [1.165, 1.54) is 11.1 Å². The number of fused-ring (bicyclic) bond motifs is 1. The van der Waals surface area contributed by atoms with Gasteiger partial charge in [0.1, 0.15) is 0 Å². The van der Waals surface area contributed by atoms with E-state index in [9.17, 15) is 4.79 Å². The number of anilines is 1. The van der Waals surface area contributed by atoms with Crippen molar-refractivity contribution in [3.63, 3.8) is 0 Å². The third-order valence-electron chi connectivity index (χ3n) is 3.15. The van der Waals surface area contributed by atoms with Crippen molar-refractivity contribution in [3.8, 4) is 0 Å². The highest BCUT2D eigenvalue weighted by molar-refractivity contribution is 5.80. The second-order valence-electron chi connectivity index (χ2n) is 4.61. The van der Waals surface area contributed by atoms with E-state index in [2.05, 4.69) is 39.0 Å². The van der Waals surface area contributed by atoms with Gasteiger partial charge in [-0.15, -0.1) is 0 Å². The van der Waals surface area contributed by atoms with Crippen molar-refractivity contribution in [2.45, 2.75) is 39.2 Å². The zero-order valence-corrected chi connectivity index (χ0v) is 9.53. The van der Waals surface area contributed by atoms with E-state index in [0.717, 1.165) is 18.5 Å². The summed E-state index contributed by atoms with van der Waals surface area (Å²) in [5.74, 6) is 0.552. The van der Waals surface area contributed by atoms with Gasteiger partial charge < -0.3 is 4.90 Å². The predicted molar refractivity (Wildman–Crippen MR) is 62.2 cm³/mol. The first-order valence-corrected chi connectivity index (χ1v) is 5.50. The van der Waals surface area contributed by atoms with Gasteiger partial charge in [-0.25, -0.2) is 0 Å². The standard InChI is InChI=1S/C13H17NO/c1-9(2)11-4-5-13-12(7-11)6-10(3)14(13)8-15/h4-5,7-10H,6H2,1-3H3. The van der Waals surface area contributed by atoms with Gasteiger partial charge in [-0.05, 0) is 36.5 Å². The minimum Gasteiger partial charge on any atom is -0.312 e. The SMILES string of the molecule is CC(C)c1ccc2c(c1)CC(C)N2C=O. The molecule has 0 spiro atoms. The lowest BCUT2D eigenvalue weighted by Crippen LogP contribution is -2.27. The van der Waals surface area contributed by atoms with Gasteiger partial charge in [0, 0.05) is 11.7 Å². The van der Waals surface area contributed by atoms with Crippen LogP contribution in [0.1, 0.15) is 37.8 Å². The third-order valence-corrected chi connectivity index (χ3v) is 3.15. The molecule has 1 unspecified atom stereocenters. The number of rotatable bonds is 2. The first kappa shape index (κ1) is 10.2. The molecule has 1 amide bonds. The van der Waals surface area contributed by atoms with Crippen molar-refractivity contribution in [2.24, 2.45) is 0 Å². The summed E-state index contributed by atoms with van der Waals surface area (Å²) in [7, 11) is 0. The second kappa shape index (κ2) is 3.69. The van der Waals surface area contributed by atoms with E-state index in [1.54, 1.807) is 0 Å². The molecule has 1 aliphatic heterocycles.